The summed E-state index contributed by atoms with van der Waals surface area (Å²) in [4.78, 5) is 0. The van der Waals surface area contributed by atoms with E-state index in [0.717, 1.165) is 72.9 Å². The molecule has 71 heavy (non-hydrogen) atoms. The zero-order valence-corrected chi connectivity index (χ0v) is 40.4. The zero-order valence-electron chi connectivity index (χ0n) is 39.6. The smallest absolute Gasteiger partial charge is 0.260 e. The molecule has 0 saturated heterocycles. The number of rotatable bonds is 3. The molecule has 3 aliphatic rings. The van der Waals surface area contributed by atoms with Crippen LogP contribution in [-0.2, 0) is 5.41 Å². The van der Waals surface area contributed by atoms with Crippen molar-refractivity contribution in [2.24, 2.45) is 0 Å². The number of fused-ring (bicyclic) bond motifs is 18. The molecule has 2 aliphatic heterocycles. The Balaban J connectivity index is 0.984. The molecule has 1 aliphatic carbocycles. The summed E-state index contributed by atoms with van der Waals surface area (Å²) in [7, 11) is 0. The van der Waals surface area contributed by atoms with Crippen LogP contribution >= 0.6 is 11.3 Å². The van der Waals surface area contributed by atoms with Crippen molar-refractivity contribution >= 4 is 98.2 Å². The Kier molecular flexibility index (Phi) is 7.76. The molecule has 6 heteroatoms. The largest absolute Gasteiger partial charge is 0.458 e. The average Bonchev–Trinajstić information content (AvgIpc) is 4.11. The number of thiophene rings is 1. The number of hydrogen-bond acceptors (Lipinski definition) is 3. The normalized spacial score (nSPS) is 13.9. The van der Waals surface area contributed by atoms with Gasteiger partial charge in [-0.15, -0.1) is 11.3 Å². The fourth-order valence-electron chi connectivity index (χ4n) is 13.0. The Morgan fingerprint density at radius 1 is 0.479 bits per heavy atom. The van der Waals surface area contributed by atoms with Crippen molar-refractivity contribution in [2.75, 3.05) is 0 Å². The van der Waals surface area contributed by atoms with Gasteiger partial charge in [0.2, 0.25) is 0 Å². The van der Waals surface area contributed by atoms with Gasteiger partial charge in [0.05, 0.1) is 32.5 Å². The molecule has 0 saturated carbocycles. The molecular formula is C65H43BN2O2S. The van der Waals surface area contributed by atoms with Crippen LogP contribution in [0.5, 0.6) is 23.0 Å². The number of hydrogen-bond donors (Lipinski definition) is 0. The third kappa shape index (κ3) is 5.24. The van der Waals surface area contributed by atoms with Crippen molar-refractivity contribution < 1.29 is 9.47 Å². The molecule has 0 N–H and O–H groups in total. The minimum Gasteiger partial charge on any atom is -0.458 e. The number of nitrogens with zero attached hydrogens (tertiary/aromatic N) is 2. The quantitative estimate of drug-likeness (QED) is 0.165. The predicted molar refractivity (Wildman–Crippen MR) is 298 cm³/mol. The van der Waals surface area contributed by atoms with Gasteiger partial charge in [0, 0.05) is 77.3 Å². The fraction of sp³-hybridized carbons (Fsp3) is 0.0769. The molecule has 0 atom stereocenters. The third-order valence-electron chi connectivity index (χ3n) is 16.2. The summed E-state index contributed by atoms with van der Waals surface area (Å²) in [5.74, 6) is 3.34. The van der Waals surface area contributed by atoms with Crippen LogP contribution in [0.2, 0.25) is 0 Å². The molecule has 4 nitrogen and oxygen atoms in total. The van der Waals surface area contributed by atoms with Gasteiger partial charge in [-0.2, -0.15) is 0 Å². The Labute approximate surface area is 414 Å². The molecule has 5 heterocycles. The maximum atomic E-state index is 7.41. The van der Waals surface area contributed by atoms with Crippen LogP contribution in [0.3, 0.4) is 0 Å². The van der Waals surface area contributed by atoms with Crippen LogP contribution in [0.1, 0.15) is 36.1 Å². The molecule has 0 spiro atoms. The minimum absolute atomic E-state index is 0.118. The van der Waals surface area contributed by atoms with E-state index in [9.17, 15) is 0 Å². The monoisotopic (exact) mass is 926 g/mol. The van der Waals surface area contributed by atoms with Crippen LogP contribution in [0, 0.1) is 13.8 Å². The first-order valence-corrected chi connectivity index (χ1v) is 25.5. The van der Waals surface area contributed by atoms with Crippen molar-refractivity contribution in [3.63, 3.8) is 0 Å². The maximum Gasteiger partial charge on any atom is 0.260 e. The van der Waals surface area contributed by atoms with E-state index in [1.807, 2.05) is 11.3 Å². The average molecular weight is 927 g/mol. The van der Waals surface area contributed by atoms with E-state index in [4.69, 9.17) is 9.47 Å². The molecule has 0 amide bonds. The third-order valence-corrected chi connectivity index (χ3v) is 17.4. The van der Waals surface area contributed by atoms with Crippen molar-refractivity contribution in [3.8, 4) is 56.6 Å². The zero-order chi connectivity index (χ0) is 47.0. The van der Waals surface area contributed by atoms with E-state index in [1.165, 1.54) is 86.1 Å². The lowest BCUT2D eigenvalue weighted by Crippen LogP contribution is -2.57. The molecule has 0 unspecified atom stereocenters. The Hall–Kier alpha value is -8.32. The van der Waals surface area contributed by atoms with Gasteiger partial charge in [-0.1, -0.05) is 147 Å². The molecule has 0 radical (unpaired) electrons. The van der Waals surface area contributed by atoms with Crippen LogP contribution in [0.25, 0.3) is 97.4 Å². The van der Waals surface area contributed by atoms with E-state index in [1.54, 1.807) is 0 Å². The number of para-hydroxylation sites is 1. The second kappa shape index (κ2) is 13.9. The molecule has 13 aromatic rings. The number of ether oxygens (including phenoxy) is 2. The van der Waals surface area contributed by atoms with Crippen LogP contribution in [-0.4, -0.2) is 15.8 Å². The lowest BCUT2D eigenvalue weighted by atomic mass is 9.35. The number of benzene rings is 10. The van der Waals surface area contributed by atoms with Crippen molar-refractivity contribution in [1.82, 2.24) is 9.13 Å². The summed E-state index contributed by atoms with van der Waals surface area (Å²) in [6.07, 6.45) is 0. The van der Waals surface area contributed by atoms with E-state index >= 15 is 0 Å². The molecule has 0 bridgehead atoms. The van der Waals surface area contributed by atoms with Gasteiger partial charge in [0.15, 0.2) is 0 Å². The van der Waals surface area contributed by atoms with Gasteiger partial charge in [-0.25, -0.2) is 0 Å². The standard InChI is InChI=1S/C65H43BN2O2S/c1-36-22-25-43-42-16-9-12-20-52(42)67(53(43)30-36)41-34-56-61-57(35-41)70-55-33-40(24-29-51(55)66(61)50-28-23-39(32-54(50)69-56)38-14-6-5-7-15-38)68-62-44(26-27-49-60(62)45-17-8-11-19-48(45)65(49,3)4)47-31-37(2)59-46-18-10-13-21-58(46)71-64(59)63(47)68/h5-35H,1-4H3. The minimum atomic E-state index is -0.159. The summed E-state index contributed by atoms with van der Waals surface area (Å²) >= 11 is 1.91. The topological polar surface area (TPSA) is 28.3 Å². The molecule has 334 valence electrons. The van der Waals surface area contributed by atoms with Gasteiger partial charge >= 0.3 is 0 Å². The van der Waals surface area contributed by atoms with E-state index in [2.05, 4.69) is 225 Å². The molecule has 0 fully saturated rings. The predicted octanol–water partition coefficient (Wildman–Crippen LogP) is 15.6. The van der Waals surface area contributed by atoms with Crippen molar-refractivity contribution in [1.29, 1.82) is 0 Å². The molecular weight excluding hydrogens is 884 g/mol. The molecule has 16 rings (SSSR count). The summed E-state index contributed by atoms with van der Waals surface area (Å²) in [5, 5.41) is 7.61. The van der Waals surface area contributed by atoms with Gasteiger partial charge in [0.25, 0.3) is 6.71 Å². The van der Waals surface area contributed by atoms with Crippen LogP contribution in [0.4, 0.5) is 0 Å². The summed E-state index contributed by atoms with van der Waals surface area (Å²) < 4.78 is 22.1. The number of aryl methyl sites for hydroxylation is 2. The van der Waals surface area contributed by atoms with E-state index in [0.29, 0.717) is 0 Å². The number of aromatic nitrogens is 2. The highest BCUT2D eigenvalue weighted by molar-refractivity contribution is 7.26. The second-order valence-corrected chi connectivity index (χ2v) is 21.5. The molecule has 10 aromatic carbocycles. The highest BCUT2D eigenvalue weighted by Gasteiger charge is 2.42. The van der Waals surface area contributed by atoms with Crippen LogP contribution in [0.15, 0.2) is 188 Å². The SMILES string of the molecule is Cc1ccc2c3ccccc3n(-c3cc4c5c(c3)Oc3cc(-n6c7c8c(ccc7c7cc(C)c9c%10ccccc%10sc9c76)C(C)(C)c6ccccc6-8)ccc3B5c3ccc(-c5ccccc5)cc3O4)c2c1. The fourth-order valence-corrected chi connectivity index (χ4v) is 14.3. The first-order valence-electron chi connectivity index (χ1n) is 24.7. The van der Waals surface area contributed by atoms with E-state index in [-0.39, 0.29) is 12.1 Å². The first kappa shape index (κ1) is 39.5. The van der Waals surface area contributed by atoms with Crippen molar-refractivity contribution in [2.45, 2.75) is 33.1 Å². The summed E-state index contributed by atoms with van der Waals surface area (Å²) in [5.41, 5.74) is 20.2. The lowest BCUT2D eigenvalue weighted by Gasteiger charge is -2.34. The first-order chi connectivity index (χ1) is 34.8. The Morgan fingerprint density at radius 2 is 1.17 bits per heavy atom. The Morgan fingerprint density at radius 3 is 2.01 bits per heavy atom. The highest BCUT2D eigenvalue weighted by atomic mass is 32.1. The summed E-state index contributed by atoms with van der Waals surface area (Å²) in [6, 6.07) is 69.5. The van der Waals surface area contributed by atoms with Crippen LogP contribution < -0.4 is 25.9 Å². The van der Waals surface area contributed by atoms with E-state index < -0.39 is 0 Å². The van der Waals surface area contributed by atoms with Gasteiger partial charge in [-0.05, 0) is 100 Å². The molecule has 3 aromatic heterocycles. The van der Waals surface area contributed by atoms with Gasteiger partial charge in [0.1, 0.15) is 23.0 Å². The van der Waals surface area contributed by atoms with Gasteiger partial charge < -0.3 is 18.6 Å². The Bertz CT molecular complexity index is 4530. The maximum absolute atomic E-state index is 7.41. The summed E-state index contributed by atoms with van der Waals surface area (Å²) in [6.45, 7) is 9.10. The lowest BCUT2D eigenvalue weighted by molar-refractivity contribution is 0.464. The second-order valence-electron chi connectivity index (χ2n) is 20.5. The van der Waals surface area contributed by atoms with Crippen molar-refractivity contribution in [3.05, 3.63) is 210 Å². The highest BCUT2D eigenvalue weighted by Crippen LogP contribution is 2.54. The van der Waals surface area contributed by atoms with Gasteiger partial charge in [-0.3, -0.25) is 0 Å².